The maximum Gasteiger partial charge on any atom is 0.254 e. The topological polar surface area (TPSA) is 174 Å². The molecule has 0 bridgehead atoms. The van der Waals surface area contributed by atoms with Crippen LogP contribution in [0.4, 0.5) is 8.78 Å². The number of nitrogens with one attached hydrogen (secondary N) is 6. The van der Waals surface area contributed by atoms with Crippen LogP contribution in [0.2, 0.25) is 0 Å². The third-order valence-electron chi connectivity index (χ3n) is 6.78. The number of benzene rings is 1. The first-order chi connectivity index (χ1) is 16.1. The molecular weight excluding hydrogens is 454 g/mol. The minimum absolute atomic E-state index is 0.0809. The lowest BCUT2D eigenvalue weighted by Gasteiger charge is -2.49. The van der Waals surface area contributed by atoms with E-state index in [9.17, 15) is 28.3 Å². The molecule has 0 radical (unpaired) electrons. The van der Waals surface area contributed by atoms with Gasteiger partial charge in [0, 0.05) is 19.4 Å². The summed E-state index contributed by atoms with van der Waals surface area (Å²) in [6.07, 6.45) is -1.21. The molecule has 4 fully saturated rings. The normalized spacial score (nSPS) is 32.2. The minimum atomic E-state index is -1.46. The quantitative estimate of drug-likeness (QED) is 0.244. The van der Waals surface area contributed by atoms with E-state index in [0.717, 1.165) is 23.1 Å². The highest BCUT2D eigenvalue weighted by Gasteiger charge is 2.67. The maximum absolute atomic E-state index is 14.1. The molecule has 3 amide bonds. The van der Waals surface area contributed by atoms with Crippen LogP contribution in [0, 0.1) is 22.5 Å². The lowest BCUT2D eigenvalue weighted by molar-refractivity contribution is -0.139. The largest absolute Gasteiger partial charge is 0.386 e. The van der Waals surface area contributed by atoms with E-state index in [4.69, 9.17) is 10.8 Å². The summed E-state index contributed by atoms with van der Waals surface area (Å²) in [5, 5.41) is 39.0. The Morgan fingerprint density at radius 2 is 1.91 bits per heavy atom. The summed E-state index contributed by atoms with van der Waals surface area (Å²) in [6, 6.07) is -0.0812. The fourth-order valence-corrected chi connectivity index (χ4v) is 5.22. The molecule has 5 rings (SSSR count). The zero-order valence-corrected chi connectivity index (χ0v) is 17.7. The smallest absolute Gasteiger partial charge is 0.254 e. The fraction of sp³-hybridized carbons (Fsp3) is 0.450. The van der Waals surface area contributed by atoms with Crippen LogP contribution in [0.3, 0.4) is 0 Å². The van der Waals surface area contributed by atoms with Gasteiger partial charge in [-0.05, 0) is 18.2 Å². The molecule has 5 atom stereocenters. The van der Waals surface area contributed by atoms with Crippen molar-refractivity contribution in [2.45, 2.75) is 42.7 Å². The van der Waals surface area contributed by atoms with E-state index in [0.29, 0.717) is 0 Å². The number of guanidine groups is 2. The highest BCUT2D eigenvalue weighted by molar-refractivity contribution is 6.02. The molecule has 7 N–H and O–H groups in total. The van der Waals surface area contributed by atoms with Crippen LogP contribution in [0.5, 0.6) is 0 Å². The van der Waals surface area contributed by atoms with E-state index >= 15 is 0 Å². The predicted molar refractivity (Wildman–Crippen MR) is 111 cm³/mol. The summed E-state index contributed by atoms with van der Waals surface area (Å²) in [6.45, 7) is -0.164. The molecule has 1 aromatic rings. The van der Waals surface area contributed by atoms with Crippen molar-refractivity contribution < 1.29 is 28.3 Å². The average Bonchev–Trinajstić information content (AvgIpc) is 3.39. The van der Waals surface area contributed by atoms with E-state index in [1.807, 2.05) is 0 Å². The summed E-state index contributed by atoms with van der Waals surface area (Å²) in [5.41, 5.74) is -2.00. The molecular formula is C20H22F2N8O4. The number of rotatable bonds is 4. The Balaban J connectivity index is 1.42. The Morgan fingerprint density at radius 3 is 2.62 bits per heavy atom. The maximum atomic E-state index is 14.1. The summed E-state index contributed by atoms with van der Waals surface area (Å²) >= 11 is 0. The van der Waals surface area contributed by atoms with Gasteiger partial charge in [0.1, 0.15) is 17.7 Å². The third-order valence-corrected chi connectivity index (χ3v) is 6.78. The molecule has 12 nitrogen and oxygen atoms in total. The number of hydrogen-bond acceptors (Lipinski definition) is 6. The molecule has 0 aromatic heterocycles. The molecule has 4 aliphatic heterocycles. The third kappa shape index (κ3) is 3.16. The van der Waals surface area contributed by atoms with E-state index < -0.39 is 53.0 Å². The molecule has 4 saturated heterocycles. The lowest BCUT2D eigenvalue weighted by atomic mass is 9.87. The first-order valence-electron chi connectivity index (χ1n) is 10.6. The number of halogens is 2. The molecule has 4 heterocycles. The second kappa shape index (κ2) is 7.62. The SMILES string of the molecule is N=C1N[C@H]2[C@H](CN3C(=O)CCC3=O)NC(=N)N3C[C@H](NC(=O)c4cc(F)ccc4F)[C@@H](O)[C@]23N1. The predicted octanol–water partition coefficient (Wildman–Crippen LogP) is -2.01. The summed E-state index contributed by atoms with van der Waals surface area (Å²) in [5.74, 6) is -3.68. The summed E-state index contributed by atoms with van der Waals surface area (Å²) in [7, 11) is 0. The van der Waals surface area contributed by atoms with Gasteiger partial charge in [-0.15, -0.1) is 0 Å². The minimum Gasteiger partial charge on any atom is -0.386 e. The Morgan fingerprint density at radius 1 is 1.21 bits per heavy atom. The zero-order chi connectivity index (χ0) is 24.4. The van der Waals surface area contributed by atoms with Gasteiger partial charge in [-0.3, -0.25) is 30.1 Å². The Labute approximate surface area is 191 Å². The van der Waals surface area contributed by atoms with Crippen LogP contribution in [0.25, 0.3) is 0 Å². The van der Waals surface area contributed by atoms with Crippen molar-refractivity contribution in [3.63, 3.8) is 0 Å². The molecule has 1 aromatic carbocycles. The van der Waals surface area contributed by atoms with Crippen molar-refractivity contribution in [3.8, 4) is 0 Å². The number of nitrogens with zero attached hydrogens (tertiary/aromatic N) is 2. The van der Waals surface area contributed by atoms with Gasteiger partial charge in [-0.2, -0.15) is 0 Å². The summed E-state index contributed by atoms with van der Waals surface area (Å²) < 4.78 is 27.6. The van der Waals surface area contributed by atoms with Crippen molar-refractivity contribution in [2.75, 3.05) is 13.1 Å². The van der Waals surface area contributed by atoms with E-state index in [2.05, 4.69) is 21.3 Å². The van der Waals surface area contributed by atoms with Gasteiger partial charge < -0.3 is 31.3 Å². The second-order valence-electron chi connectivity index (χ2n) is 8.70. The molecule has 4 aliphatic rings. The highest BCUT2D eigenvalue weighted by Crippen LogP contribution is 2.38. The van der Waals surface area contributed by atoms with Gasteiger partial charge in [0.25, 0.3) is 5.91 Å². The van der Waals surface area contributed by atoms with Gasteiger partial charge in [-0.1, -0.05) is 0 Å². The van der Waals surface area contributed by atoms with Gasteiger partial charge in [-0.25, -0.2) is 8.78 Å². The van der Waals surface area contributed by atoms with E-state index in [1.165, 1.54) is 4.90 Å². The lowest BCUT2D eigenvalue weighted by Crippen LogP contribution is -2.78. The number of aliphatic hydroxyl groups excluding tert-OH is 1. The first kappa shape index (κ1) is 22.0. The second-order valence-corrected chi connectivity index (χ2v) is 8.70. The molecule has 34 heavy (non-hydrogen) atoms. The number of likely N-dealkylation sites (tertiary alicyclic amines) is 1. The van der Waals surface area contributed by atoms with Gasteiger partial charge in [0.05, 0.1) is 30.2 Å². The Hall–Kier alpha value is -3.81. The average molecular weight is 476 g/mol. The Kier molecular flexibility index (Phi) is 4.93. The number of imide groups is 1. The van der Waals surface area contributed by atoms with Crippen molar-refractivity contribution >= 4 is 29.6 Å². The molecule has 0 saturated carbocycles. The molecule has 14 heteroatoms. The fourth-order valence-electron chi connectivity index (χ4n) is 5.22. The van der Waals surface area contributed by atoms with Crippen LogP contribution in [0.1, 0.15) is 23.2 Å². The molecule has 0 unspecified atom stereocenters. The first-order valence-corrected chi connectivity index (χ1v) is 10.6. The monoisotopic (exact) mass is 476 g/mol. The van der Waals surface area contributed by atoms with Gasteiger partial charge in [0.2, 0.25) is 11.8 Å². The number of carbonyl (C=O) groups excluding carboxylic acids is 3. The summed E-state index contributed by atoms with van der Waals surface area (Å²) in [4.78, 5) is 39.4. The Bertz CT molecular complexity index is 1120. The standard InChI is InChI=1S/C20H22F2N8O4/c21-8-1-2-10(22)9(5-8)17(34)25-12-7-30-19(24)26-11(6-29-13(31)3-4-14(29)32)15-20(30,16(12)33)28-18(23)27-15/h1-2,5,11-12,15-16,33H,3-4,6-7H2,(H2,24,26)(H,25,34)(H3,23,27,28)/t11-,12-,15-,16+,20-/m0/s1. The van der Waals surface area contributed by atoms with Crippen LogP contribution in [-0.2, 0) is 9.59 Å². The number of amides is 3. The zero-order valence-electron chi connectivity index (χ0n) is 17.7. The highest BCUT2D eigenvalue weighted by atomic mass is 19.1. The van der Waals surface area contributed by atoms with Crippen LogP contribution >= 0.6 is 0 Å². The van der Waals surface area contributed by atoms with Crippen molar-refractivity contribution in [1.82, 2.24) is 31.1 Å². The van der Waals surface area contributed by atoms with E-state index in [-0.39, 0.29) is 49.7 Å². The van der Waals surface area contributed by atoms with Crippen molar-refractivity contribution in [3.05, 3.63) is 35.4 Å². The van der Waals surface area contributed by atoms with Crippen molar-refractivity contribution in [1.29, 1.82) is 10.8 Å². The molecule has 0 aliphatic carbocycles. The molecule has 180 valence electrons. The number of aliphatic hydroxyl groups is 1. The van der Waals surface area contributed by atoms with Crippen molar-refractivity contribution in [2.24, 2.45) is 0 Å². The van der Waals surface area contributed by atoms with Gasteiger partial charge in [0.15, 0.2) is 17.6 Å². The van der Waals surface area contributed by atoms with Crippen LogP contribution in [0.15, 0.2) is 18.2 Å². The van der Waals surface area contributed by atoms with E-state index in [1.54, 1.807) is 0 Å². The van der Waals surface area contributed by atoms with Crippen LogP contribution < -0.4 is 21.3 Å². The van der Waals surface area contributed by atoms with Gasteiger partial charge >= 0.3 is 0 Å². The number of carbonyl (C=O) groups is 3. The number of hydrogen-bond donors (Lipinski definition) is 7. The van der Waals surface area contributed by atoms with Crippen LogP contribution in [-0.4, -0.2) is 87.5 Å². The molecule has 1 spiro atoms.